The van der Waals surface area contributed by atoms with Crippen molar-refractivity contribution in [1.29, 1.82) is 0 Å². The summed E-state index contributed by atoms with van der Waals surface area (Å²) in [5, 5.41) is 2.83. The van der Waals surface area contributed by atoms with Gasteiger partial charge in [0.25, 0.3) is 5.82 Å². The molecule has 0 saturated heterocycles. The predicted molar refractivity (Wildman–Crippen MR) is 45.8 cm³/mol. The van der Waals surface area contributed by atoms with Gasteiger partial charge >= 0.3 is 6.18 Å². The van der Waals surface area contributed by atoms with Crippen molar-refractivity contribution < 1.29 is 17.7 Å². The molecule has 15 heavy (non-hydrogen) atoms. The van der Waals surface area contributed by atoms with E-state index in [0.717, 1.165) is 12.8 Å². The quantitative estimate of drug-likeness (QED) is 0.850. The second kappa shape index (κ2) is 4.61. The number of alkyl halides is 3. The zero-order valence-electron chi connectivity index (χ0n) is 8.21. The Balaban J connectivity index is 2.67. The number of halogens is 3. The second-order valence-corrected chi connectivity index (χ2v) is 3.20. The van der Waals surface area contributed by atoms with Gasteiger partial charge < -0.3 is 10.3 Å². The number of nitrogens with zero attached hydrogens (tertiary/aromatic N) is 2. The number of rotatable bonds is 4. The van der Waals surface area contributed by atoms with Crippen molar-refractivity contribution in [2.24, 2.45) is 5.73 Å². The highest BCUT2D eigenvalue weighted by molar-refractivity contribution is 4.94. The summed E-state index contributed by atoms with van der Waals surface area (Å²) >= 11 is 0. The van der Waals surface area contributed by atoms with Crippen LogP contribution in [-0.4, -0.2) is 10.1 Å². The fourth-order valence-electron chi connectivity index (χ4n) is 1.05. The van der Waals surface area contributed by atoms with Gasteiger partial charge in [-0.05, 0) is 6.42 Å². The lowest BCUT2D eigenvalue weighted by atomic mass is 10.1. The predicted octanol–water partition coefficient (Wildman–Crippen LogP) is 2.28. The van der Waals surface area contributed by atoms with Gasteiger partial charge in [0.1, 0.15) is 0 Å². The van der Waals surface area contributed by atoms with Gasteiger partial charge in [0, 0.05) is 0 Å². The van der Waals surface area contributed by atoms with Crippen LogP contribution in [0.1, 0.15) is 43.9 Å². The van der Waals surface area contributed by atoms with Gasteiger partial charge in [-0.2, -0.15) is 18.2 Å². The average Bonchev–Trinajstić information content (AvgIpc) is 2.62. The topological polar surface area (TPSA) is 64.9 Å². The van der Waals surface area contributed by atoms with Crippen LogP contribution in [-0.2, 0) is 6.18 Å². The van der Waals surface area contributed by atoms with Crippen LogP contribution in [0.2, 0.25) is 0 Å². The van der Waals surface area contributed by atoms with Gasteiger partial charge in [-0.15, -0.1) is 0 Å². The molecular weight excluding hydrogens is 211 g/mol. The maximum Gasteiger partial charge on any atom is 0.455 e. The minimum atomic E-state index is -4.58. The molecule has 0 bridgehead atoms. The molecular formula is C8H12F3N3O. The van der Waals surface area contributed by atoms with Crippen molar-refractivity contribution in [3.63, 3.8) is 0 Å². The first-order valence-electron chi connectivity index (χ1n) is 4.61. The monoisotopic (exact) mass is 223 g/mol. The lowest BCUT2D eigenvalue weighted by Gasteiger charge is -2.03. The Kier molecular flexibility index (Phi) is 3.67. The van der Waals surface area contributed by atoms with Crippen LogP contribution in [0.3, 0.4) is 0 Å². The van der Waals surface area contributed by atoms with Crippen molar-refractivity contribution in [2.45, 2.75) is 38.4 Å². The van der Waals surface area contributed by atoms with E-state index in [1.165, 1.54) is 0 Å². The summed E-state index contributed by atoms with van der Waals surface area (Å²) < 4.78 is 40.7. The van der Waals surface area contributed by atoms with E-state index >= 15 is 0 Å². The average molecular weight is 223 g/mol. The third-order valence-electron chi connectivity index (χ3n) is 1.88. The number of nitrogens with two attached hydrogens (primary N) is 1. The van der Waals surface area contributed by atoms with Crippen molar-refractivity contribution in [1.82, 2.24) is 10.1 Å². The summed E-state index contributed by atoms with van der Waals surface area (Å²) in [6.07, 6.45) is -2.32. The Morgan fingerprint density at radius 3 is 2.60 bits per heavy atom. The van der Waals surface area contributed by atoms with E-state index in [1.54, 1.807) is 0 Å². The molecule has 1 aromatic rings. The van der Waals surface area contributed by atoms with Crippen LogP contribution < -0.4 is 5.73 Å². The Morgan fingerprint density at radius 1 is 1.47 bits per heavy atom. The van der Waals surface area contributed by atoms with Crippen molar-refractivity contribution in [3.05, 3.63) is 11.7 Å². The summed E-state index contributed by atoms with van der Waals surface area (Å²) in [6.45, 7) is 1.96. The number of aromatic nitrogens is 2. The molecule has 1 heterocycles. The SMILES string of the molecule is CCCC[C@H](N)c1nc(C(F)(F)F)no1. The first kappa shape index (κ1) is 12.0. The van der Waals surface area contributed by atoms with Crippen LogP contribution in [0, 0.1) is 0 Å². The highest BCUT2D eigenvalue weighted by Crippen LogP contribution is 2.27. The Bertz CT molecular complexity index is 310. The highest BCUT2D eigenvalue weighted by atomic mass is 19.4. The summed E-state index contributed by atoms with van der Waals surface area (Å²) in [4.78, 5) is 3.21. The number of hydrogen-bond acceptors (Lipinski definition) is 4. The number of unbranched alkanes of at least 4 members (excludes halogenated alkanes) is 1. The molecule has 0 unspecified atom stereocenters. The minimum absolute atomic E-state index is 0.157. The minimum Gasteiger partial charge on any atom is -0.337 e. The number of hydrogen-bond donors (Lipinski definition) is 1. The van der Waals surface area contributed by atoms with Gasteiger partial charge in [-0.25, -0.2) is 0 Å². The van der Waals surface area contributed by atoms with E-state index in [9.17, 15) is 13.2 Å². The van der Waals surface area contributed by atoms with Crippen LogP contribution in [0.25, 0.3) is 0 Å². The van der Waals surface area contributed by atoms with E-state index in [4.69, 9.17) is 5.73 Å². The molecule has 0 aliphatic rings. The molecule has 0 fully saturated rings. The van der Waals surface area contributed by atoms with E-state index in [1.807, 2.05) is 6.92 Å². The fraction of sp³-hybridized carbons (Fsp3) is 0.750. The highest BCUT2D eigenvalue weighted by Gasteiger charge is 2.37. The molecule has 1 atom stereocenters. The van der Waals surface area contributed by atoms with E-state index < -0.39 is 18.0 Å². The zero-order chi connectivity index (χ0) is 11.5. The molecule has 0 aliphatic carbocycles. The van der Waals surface area contributed by atoms with Crippen LogP contribution in [0.15, 0.2) is 4.52 Å². The normalized spacial score (nSPS) is 14.2. The molecule has 0 saturated carbocycles. The summed E-state index contributed by atoms with van der Waals surface area (Å²) in [5.41, 5.74) is 5.57. The third kappa shape index (κ3) is 3.19. The molecule has 0 radical (unpaired) electrons. The standard InChI is InChI=1S/C8H12F3N3O/c1-2-3-4-5(12)6-13-7(14-15-6)8(9,10)11/h5H,2-4,12H2,1H3/t5-/m0/s1. The van der Waals surface area contributed by atoms with E-state index in [2.05, 4.69) is 14.7 Å². The van der Waals surface area contributed by atoms with Crippen molar-refractivity contribution >= 4 is 0 Å². The van der Waals surface area contributed by atoms with Crippen LogP contribution in [0.4, 0.5) is 13.2 Å². The van der Waals surface area contributed by atoms with Gasteiger partial charge in [-0.1, -0.05) is 24.9 Å². The molecule has 0 aliphatic heterocycles. The third-order valence-corrected chi connectivity index (χ3v) is 1.88. The van der Waals surface area contributed by atoms with Gasteiger partial charge in [-0.3, -0.25) is 0 Å². The van der Waals surface area contributed by atoms with Crippen LogP contribution in [0.5, 0.6) is 0 Å². The van der Waals surface area contributed by atoms with E-state index in [-0.39, 0.29) is 5.89 Å². The van der Waals surface area contributed by atoms with E-state index in [0.29, 0.717) is 6.42 Å². The Hall–Kier alpha value is -1.11. The summed E-state index contributed by atoms with van der Waals surface area (Å²) in [6, 6.07) is -0.617. The maximum atomic E-state index is 12.1. The summed E-state index contributed by atoms with van der Waals surface area (Å²) in [5.74, 6) is -1.43. The molecule has 0 amide bonds. The zero-order valence-corrected chi connectivity index (χ0v) is 8.21. The molecule has 4 nitrogen and oxygen atoms in total. The first-order chi connectivity index (χ1) is 6.95. The van der Waals surface area contributed by atoms with Crippen LogP contribution >= 0.6 is 0 Å². The first-order valence-corrected chi connectivity index (χ1v) is 4.61. The van der Waals surface area contributed by atoms with Gasteiger partial charge in [0.05, 0.1) is 6.04 Å². The molecule has 7 heteroatoms. The Labute approximate surface area is 84.6 Å². The van der Waals surface area contributed by atoms with Crippen molar-refractivity contribution in [3.8, 4) is 0 Å². The smallest absolute Gasteiger partial charge is 0.337 e. The summed E-state index contributed by atoms with van der Waals surface area (Å²) in [7, 11) is 0. The second-order valence-electron chi connectivity index (χ2n) is 3.20. The lowest BCUT2D eigenvalue weighted by molar-refractivity contribution is -0.146. The molecule has 1 aromatic heterocycles. The van der Waals surface area contributed by atoms with Gasteiger partial charge in [0.2, 0.25) is 5.89 Å². The molecule has 0 aromatic carbocycles. The fourth-order valence-corrected chi connectivity index (χ4v) is 1.05. The lowest BCUT2D eigenvalue weighted by Crippen LogP contribution is -2.12. The van der Waals surface area contributed by atoms with Crippen molar-refractivity contribution in [2.75, 3.05) is 0 Å². The molecule has 1 rings (SSSR count). The van der Waals surface area contributed by atoms with Gasteiger partial charge in [0.15, 0.2) is 0 Å². The maximum absolute atomic E-state index is 12.1. The Morgan fingerprint density at radius 2 is 2.13 bits per heavy atom. The molecule has 0 spiro atoms. The molecule has 2 N–H and O–H groups in total. The molecule has 86 valence electrons. The largest absolute Gasteiger partial charge is 0.455 e.